The minimum Gasteiger partial charge on any atom is -0.496 e. The van der Waals surface area contributed by atoms with Crippen molar-refractivity contribution < 1.29 is 9.13 Å². The lowest BCUT2D eigenvalue weighted by Gasteiger charge is -2.13. The Balaban J connectivity index is 2.62. The van der Waals surface area contributed by atoms with Crippen molar-refractivity contribution in [1.82, 2.24) is 5.32 Å². The van der Waals surface area contributed by atoms with Gasteiger partial charge in [0.05, 0.1) is 7.11 Å². The standard InChI is InChI=1S/C15H15ClFNO/c1-18-9-10-3-4-11(16)7-13(10)14-8-12(17)5-6-15(14)19-2/h3-8,18H,9H2,1-2H3. The molecule has 4 heteroatoms. The Hall–Kier alpha value is -1.58. The van der Waals surface area contributed by atoms with Crippen molar-refractivity contribution in [3.8, 4) is 16.9 Å². The van der Waals surface area contributed by atoms with Crippen LogP contribution in [-0.4, -0.2) is 14.2 Å². The van der Waals surface area contributed by atoms with Gasteiger partial charge in [0, 0.05) is 17.1 Å². The molecule has 2 nitrogen and oxygen atoms in total. The fraction of sp³-hybridized carbons (Fsp3) is 0.200. The van der Waals surface area contributed by atoms with Crippen LogP contribution in [0.25, 0.3) is 11.1 Å². The lowest BCUT2D eigenvalue weighted by atomic mass is 9.98. The first-order valence-corrected chi connectivity index (χ1v) is 6.30. The molecule has 0 bridgehead atoms. The Bertz CT molecular complexity index is 586. The number of nitrogens with one attached hydrogen (secondary N) is 1. The molecule has 0 radical (unpaired) electrons. The molecule has 0 spiro atoms. The van der Waals surface area contributed by atoms with Crippen LogP contribution in [0.1, 0.15) is 5.56 Å². The zero-order valence-corrected chi connectivity index (χ0v) is 11.6. The first-order valence-electron chi connectivity index (χ1n) is 5.92. The van der Waals surface area contributed by atoms with E-state index in [4.69, 9.17) is 16.3 Å². The summed E-state index contributed by atoms with van der Waals surface area (Å²) < 4.78 is 18.8. The summed E-state index contributed by atoms with van der Waals surface area (Å²) in [5, 5.41) is 3.70. The van der Waals surface area contributed by atoms with Crippen molar-refractivity contribution in [2.75, 3.05) is 14.2 Å². The van der Waals surface area contributed by atoms with Crippen molar-refractivity contribution in [3.63, 3.8) is 0 Å². The topological polar surface area (TPSA) is 21.3 Å². The van der Waals surface area contributed by atoms with Crippen LogP contribution in [0, 0.1) is 5.82 Å². The summed E-state index contributed by atoms with van der Waals surface area (Å²) in [5.74, 6) is 0.326. The lowest BCUT2D eigenvalue weighted by Crippen LogP contribution is -2.06. The van der Waals surface area contributed by atoms with Gasteiger partial charge in [0.25, 0.3) is 0 Å². The molecular formula is C15H15ClFNO. The molecule has 2 rings (SSSR count). The molecular weight excluding hydrogens is 265 g/mol. The molecule has 2 aromatic carbocycles. The Labute approximate surface area is 117 Å². The maximum atomic E-state index is 13.5. The molecule has 0 saturated heterocycles. The quantitative estimate of drug-likeness (QED) is 0.917. The van der Waals surface area contributed by atoms with E-state index in [1.807, 2.05) is 25.2 Å². The molecule has 0 saturated carbocycles. The van der Waals surface area contributed by atoms with Crippen molar-refractivity contribution in [3.05, 3.63) is 52.8 Å². The Morgan fingerprint density at radius 2 is 1.95 bits per heavy atom. The fourth-order valence-electron chi connectivity index (χ4n) is 2.03. The van der Waals surface area contributed by atoms with Crippen LogP contribution in [-0.2, 0) is 6.54 Å². The summed E-state index contributed by atoms with van der Waals surface area (Å²) in [6, 6.07) is 10.0. The van der Waals surface area contributed by atoms with Crippen molar-refractivity contribution in [2.24, 2.45) is 0 Å². The molecule has 0 unspecified atom stereocenters. The van der Waals surface area contributed by atoms with Gasteiger partial charge in [-0.3, -0.25) is 0 Å². The van der Waals surface area contributed by atoms with Crippen molar-refractivity contribution in [1.29, 1.82) is 0 Å². The van der Waals surface area contributed by atoms with Crippen LogP contribution in [0.15, 0.2) is 36.4 Å². The van der Waals surface area contributed by atoms with Crippen molar-refractivity contribution in [2.45, 2.75) is 6.54 Å². The summed E-state index contributed by atoms with van der Waals surface area (Å²) in [6.45, 7) is 0.673. The summed E-state index contributed by atoms with van der Waals surface area (Å²) in [6.07, 6.45) is 0. The highest BCUT2D eigenvalue weighted by Gasteiger charge is 2.12. The molecule has 0 aromatic heterocycles. The minimum atomic E-state index is -0.300. The number of hydrogen-bond acceptors (Lipinski definition) is 2. The Morgan fingerprint density at radius 3 is 2.63 bits per heavy atom. The third kappa shape index (κ3) is 3.06. The Morgan fingerprint density at radius 1 is 1.16 bits per heavy atom. The van der Waals surface area contributed by atoms with Gasteiger partial charge in [0.1, 0.15) is 11.6 Å². The van der Waals surface area contributed by atoms with Crippen LogP contribution in [0.3, 0.4) is 0 Å². The van der Waals surface area contributed by atoms with E-state index in [9.17, 15) is 4.39 Å². The fourth-order valence-corrected chi connectivity index (χ4v) is 2.21. The number of methoxy groups -OCH3 is 1. The minimum absolute atomic E-state index is 0.300. The molecule has 100 valence electrons. The molecule has 0 aliphatic heterocycles. The maximum Gasteiger partial charge on any atom is 0.126 e. The van der Waals surface area contributed by atoms with E-state index >= 15 is 0 Å². The SMILES string of the molecule is CNCc1ccc(Cl)cc1-c1cc(F)ccc1OC. The summed E-state index contributed by atoms with van der Waals surface area (Å²) >= 11 is 6.05. The smallest absolute Gasteiger partial charge is 0.126 e. The maximum absolute atomic E-state index is 13.5. The summed E-state index contributed by atoms with van der Waals surface area (Å²) in [5.41, 5.74) is 2.62. The second kappa shape index (κ2) is 6.04. The second-order valence-corrected chi connectivity index (χ2v) is 4.61. The highest BCUT2D eigenvalue weighted by Crippen LogP contribution is 2.34. The first-order chi connectivity index (χ1) is 9.15. The number of rotatable bonds is 4. The third-order valence-electron chi connectivity index (χ3n) is 2.89. The average molecular weight is 280 g/mol. The monoisotopic (exact) mass is 279 g/mol. The van der Waals surface area contributed by atoms with E-state index in [0.717, 1.165) is 11.1 Å². The molecule has 0 atom stereocenters. The third-order valence-corrected chi connectivity index (χ3v) is 3.13. The second-order valence-electron chi connectivity index (χ2n) is 4.18. The molecule has 0 fully saturated rings. The van der Waals surface area contributed by atoms with Gasteiger partial charge in [-0.05, 0) is 48.5 Å². The highest BCUT2D eigenvalue weighted by molar-refractivity contribution is 6.30. The predicted octanol–water partition coefficient (Wildman–Crippen LogP) is 3.87. The molecule has 1 N–H and O–H groups in total. The normalized spacial score (nSPS) is 10.5. The van der Waals surface area contributed by atoms with Crippen LogP contribution in [0.4, 0.5) is 4.39 Å². The lowest BCUT2D eigenvalue weighted by molar-refractivity contribution is 0.415. The zero-order valence-electron chi connectivity index (χ0n) is 10.8. The molecule has 0 aliphatic rings. The number of halogens is 2. The van der Waals surface area contributed by atoms with E-state index in [-0.39, 0.29) is 5.82 Å². The zero-order chi connectivity index (χ0) is 13.8. The van der Waals surface area contributed by atoms with Crippen LogP contribution in [0.2, 0.25) is 5.02 Å². The van der Waals surface area contributed by atoms with Crippen molar-refractivity contribution >= 4 is 11.6 Å². The first kappa shape index (κ1) is 13.8. The molecule has 2 aromatic rings. The largest absolute Gasteiger partial charge is 0.496 e. The summed E-state index contributed by atoms with van der Waals surface area (Å²) in [4.78, 5) is 0. The van der Waals surface area contributed by atoms with Crippen LogP contribution < -0.4 is 10.1 Å². The van der Waals surface area contributed by atoms with E-state index in [2.05, 4.69) is 5.32 Å². The van der Waals surface area contributed by atoms with E-state index in [1.165, 1.54) is 12.1 Å². The van der Waals surface area contributed by atoms with E-state index in [1.54, 1.807) is 13.2 Å². The van der Waals surface area contributed by atoms with Gasteiger partial charge < -0.3 is 10.1 Å². The highest BCUT2D eigenvalue weighted by atomic mass is 35.5. The van der Waals surface area contributed by atoms with E-state index < -0.39 is 0 Å². The van der Waals surface area contributed by atoms with Crippen LogP contribution >= 0.6 is 11.6 Å². The van der Waals surface area contributed by atoms with Crippen LogP contribution in [0.5, 0.6) is 5.75 Å². The van der Waals surface area contributed by atoms with Gasteiger partial charge in [-0.15, -0.1) is 0 Å². The molecule has 0 aliphatic carbocycles. The number of benzene rings is 2. The van der Waals surface area contributed by atoms with Gasteiger partial charge in [0.15, 0.2) is 0 Å². The molecule has 19 heavy (non-hydrogen) atoms. The van der Waals surface area contributed by atoms with Gasteiger partial charge in [0.2, 0.25) is 0 Å². The van der Waals surface area contributed by atoms with E-state index in [0.29, 0.717) is 22.9 Å². The average Bonchev–Trinajstić information content (AvgIpc) is 2.41. The molecule has 0 heterocycles. The Kier molecular flexibility index (Phi) is 4.40. The van der Waals surface area contributed by atoms with Gasteiger partial charge >= 0.3 is 0 Å². The summed E-state index contributed by atoms with van der Waals surface area (Å²) in [7, 11) is 3.43. The number of ether oxygens (including phenoxy) is 1. The predicted molar refractivity (Wildman–Crippen MR) is 76.2 cm³/mol. The van der Waals surface area contributed by atoms with Gasteiger partial charge in [-0.25, -0.2) is 4.39 Å². The van der Waals surface area contributed by atoms with Gasteiger partial charge in [-0.1, -0.05) is 17.7 Å². The van der Waals surface area contributed by atoms with Gasteiger partial charge in [-0.2, -0.15) is 0 Å². The number of hydrogen-bond donors (Lipinski definition) is 1. The molecule has 0 amide bonds.